The van der Waals surface area contributed by atoms with E-state index >= 15 is 0 Å². The van der Waals surface area contributed by atoms with Gasteiger partial charge in [0.1, 0.15) is 60.9 Å². The van der Waals surface area contributed by atoms with Gasteiger partial charge in [-0.15, -0.1) is 0 Å². The van der Waals surface area contributed by atoms with E-state index in [1.54, 1.807) is 38.1 Å². The van der Waals surface area contributed by atoms with Crippen LogP contribution in [0.4, 0.5) is 0 Å². The Balaban J connectivity index is 0.908. The maximum Gasteiger partial charge on any atom is 0.330 e. The summed E-state index contributed by atoms with van der Waals surface area (Å²) in [4.78, 5) is 72.1. The Hall–Kier alpha value is -10.1. The lowest BCUT2D eigenvalue weighted by molar-refractivity contribution is -0.0410. The van der Waals surface area contributed by atoms with E-state index in [2.05, 4.69) is 19.9 Å². The average Bonchev–Trinajstić information content (AvgIpc) is 2.63. The molecule has 0 amide bonds. The van der Waals surface area contributed by atoms with Crippen molar-refractivity contribution in [3.63, 3.8) is 0 Å². The maximum absolute atomic E-state index is 12.6. The monoisotopic (exact) mass is 1130 g/mol. The summed E-state index contributed by atoms with van der Waals surface area (Å²) in [5.74, 6) is 1.22. The van der Waals surface area contributed by atoms with Gasteiger partial charge in [0.05, 0.1) is 35.0 Å². The molecule has 6 atom stereocenters. The summed E-state index contributed by atoms with van der Waals surface area (Å²) >= 11 is 0. The second-order valence-corrected chi connectivity index (χ2v) is 21.1. The summed E-state index contributed by atoms with van der Waals surface area (Å²) < 4.78 is 27.1. The van der Waals surface area contributed by atoms with Crippen molar-refractivity contribution in [3.8, 4) is 67.5 Å². The third kappa shape index (κ3) is 10.2. The molecule has 0 unspecified atom stereocenters. The van der Waals surface area contributed by atoms with Gasteiger partial charge >= 0.3 is 11.4 Å². The van der Waals surface area contributed by atoms with Crippen molar-refractivity contribution in [2.75, 3.05) is 13.2 Å². The molecule has 0 spiro atoms. The van der Waals surface area contributed by atoms with Crippen molar-refractivity contribution < 1.29 is 39.4 Å². The number of aliphatic hydroxyl groups is 2. The second-order valence-electron chi connectivity index (χ2n) is 21.1. The third-order valence-electron chi connectivity index (χ3n) is 15.5. The first-order valence-corrected chi connectivity index (χ1v) is 27.2. The predicted octanol–water partition coefficient (Wildman–Crippen LogP) is 8.51. The van der Waals surface area contributed by atoms with E-state index < -0.39 is 59.4 Å². The highest BCUT2D eigenvalue weighted by atomic mass is 16.6. The van der Waals surface area contributed by atoms with Gasteiger partial charge in [-0.1, -0.05) is 48.5 Å². The quantitative estimate of drug-likeness (QED) is 0.0569. The number of nitrogens with one attached hydrogen (secondary N) is 4. The third-order valence-corrected chi connectivity index (χ3v) is 15.5. The Bertz CT molecular complexity index is 4250. The Morgan fingerprint density at radius 2 is 0.774 bits per heavy atom. The minimum Gasteiger partial charge on any atom is -0.508 e. The van der Waals surface area contributed by atoms with Crippen molar-refractivity contribution in [1.82, 2.24) is 39.0 Å². The number of nitrogens with zero attached hydrogens (tertiary/aromatic N) is 4. The number of aromatic hydroxyl groups is 2. The molecule has 20 heteroatoms. The summed E-state index contributed by atoms with van der Waals surface area (Å²) in [6, 6.07) is 36.9. The minimum atomic E-state index is -0.943. The fourth-order valence-electron chi connectivity index (χ4n) is 11.1. The molecule has 9 heterocycles. The Morgan fingerprint density at radius 3 is 1.10 bits per heavy atom. The fourth-order valence-corrected chi connectivity index (χ4v) is 11.1. The summed E-state index contributed by atoms with van der Waals surface area (Å²) in [6.07, 6.45) is 5.92. The number of aromatic amines is 4. The first kappa shape index (κ1) is 53.2. The van der Waals surface area contributed by atoms with Gasteiger partial charge in [-0.3, -0.25) is 28.7 Å². The van der Waals surface area contributed by atoms with Gasteiger partial charge in [-0.25, -0.2) is 19.6 Å². The van der Waals surface area contributed by atoms with E-state index in [0.29, 0.717) is 45.4 Å². The number of phenols is 2. The molecule has 4 aliphatic heterocycles. The van der Waals surface area contributed by atoms with Crippen molar-refractivity contribution in [1.29, 1.82) is 0 Å². The molecule has 4 aromatic carbocycles. The molecule has 2 saturated heterocycles. The van der Waals surface area contributed by atoms with Crippen molar-refractivity contribution >= 4 is 46.4 Å². The molecule has 5 aromatic heterocycles. The number of rotatable bonds is 12. The highest BCUT2D eigenvalue weighted by Gasteiger charge is 2.37. The predicted molar refractivity (Wildman–Crippen MR) is 316 cm³/mol. The summed E-state index contributed by atoms with van der Waals surface area (Å²) in [5.41, 5.74) is 10.1. The maximum atomic E-state index is 12.6. The lowest BCUT2D eigenvalue weighted by Gasteiger charge is -2.17. The topological polar surface area (TPSA) is 285 Å². The summed E-state index contributed by atoms with van der Waals surface area (Å²) in [6.45, 7) is 3.14. The number of fused-ring (bicyclic) bond motifs is 8. The van der Waals surface area contributed by atoms with E-state index in [4.69, 9.17) is 28.9 Å². The van der Waals surface area contributed by atoms with Gasteiger partial charge in [0.2, 0.25) is 0 Å². The van der Waals surface area contributed by atoms with Crippen LogP contribution in [0.5, 0.6) is 23.0 Å². The number of hydrogen-bond acceptors (Lipinski definition) is 14. The Morgan fingerprint density at radius 1 is 0.464 bits per heavy atom. The second kappa shape index (κ2) is 21.7. The molecule has 8 bridgehead atoms. The lowest BCUT2D eigenvalue weighted by atomic mass is 10.0. The molecule has 0 aliphatic carbocycles. The number of phenolic OH excluding ortho intramolecular Hbond substituents is 2. The number of ether oxygens (including phenoxy) is 4. The SMILES string of the molecule is Cc1cn([C@H]2C[C@H](O)[C@@H](COc3ccc(-c4c5nc(c(-c6ccc(O)cc6)c6ccc([nH]6)c(-c6ccc(O)cc6)c6nc(c(-c7ccc(OC[C@H]8O[C@@H](n9cc(C)c(=O)[nH]c9=O)C[C@@H]8O)cc7)c7ccc4[nH]7)C=C6)C=C5)cc3)O2)c(=O)[nH]c1=O. The smallest absolute Gasteiger partial charge is 0.330 e. The molecule has 0 radical (unpaired) electrons. The van der Waals surface area contributed by atoms with Crippen LogP contribution in [0.15, 0.2) is 153 Å². The largest absolute Gasteiger partial charge is 0.508 e. The molecular weight excluding hydrogens is 1070 g/mol. The molecule has 20 nitrogen and oxygen atoms in total. The van der Waals surface area contributed by atoms with Crippen molar-refractivity contribution in [3.05, 3.63) is 209 Å². The number of benzene rings is 4. The molecule has 4 aliphatic rings. The number of H-pyrrole nitrogens is 4. The van der Waals surface area contributed by atoms with Crippen LogP contribution in [-0.4, -0.2) is 97.1 Å². The van der Waals surface area contributed by atoms with E-state index in [1.165, 1.54) is 21.5 Å². The zero-order chi connectivity index (χ0) is 57.9. The van der Waals surface area contributed by atoms with Crippen molar-refractivity contribution in [2.24, 2.45) is 0 Å². The van der Waals surface area contributed by atoms with Gasteiger partial charge in [-0.2, -0.15) is 0 Å². The van der Waals surface area contributed by atoms with Crippen LogP contribution in [0, 0.1) is 13.8 Å². The van der Waals surface area contributed by atoms with Gasteiger partial charge in [-0.05, 0) is 133 Å². The first-order valence-electron chi connectivity index (χ1n) is 27.2. The van der Waals surface area contributed by atoms with Gasteiger partial charge in [0.25, 0.3) is 11.1 Å². The van der Waals surface area contributed by atoms with Crippen LogP contribution >= 0.6 is 0 Å². The van der Waals surface area contributed by atoms with E-state index in [0.717, 1.165) is 66.6 Å². The minimum absolute atomic E-state index is 0.0205. The highest BCUT2D eigenvalue weighted by molar-refractivity contribution is 6.00. The zero-order valence-electron chi connectivity index (χ0n) is 45.1. The average molecular weight is 1130 g/mol. The first-order chi connectivity index (χ1) is 40.7. The van der Waals surface area contributed by atoms with E-state index in [-0.39, 0.29) is 37.6 Å². The fraction of sp³-hybridized carbons (Fsp3) is 0.188. The zero-order valence-corrected chi connectivity index (χ0v) is 45.1. The summed E-state index contributed by atoms with van der Waals surface area (Å²) in [7, 11) is 0. The summed E-state index contributed by atoms with van der Waals surface area (Å²) in [5, 5.41) is 42.8. The van der Waals surface area contributed by atoms with Crippen LogP contribution in [-0.2, 0) is 9.47 Å². The molecule has 13 rings (SSSR count). The van der Waals surface area contributed by atoms with Gasteiger partial charge in [0, 0.05) is 80.7 Å². The van der Waals surface area contributed by atoms with Crippen LogP contribution in [0.25, 0.3) is 90.9 Å². The number of aromatic nitrogens is 8. The van der Waals surface area contributed by atoms with Gasteiger partial charge < -0.3 is 49.3 Å². The van der Waals surface area contributed by atoms with Gasteiger partial charge in [0.15, 0.2) is 0 Å². The van der Waals surface area contributed by atoms with Crippen LogP contribution in [0.3, 0.4) is 0 Å². The highest BCUT2D eigenvalue weighted by Crippen LogP contribution is 2.40. The molecule has 84 heavy (non-hydrogen) atoms. The number of aryl methyl sites for hydroxylation is 2. The van der Waals surface area contributed by atoms with E-state index in [9.17, 15) is 39.6 Å². The Labute approximate surface area is 476 Å². The molecule has 2 fully saturated rings. The van der Waals surface area contributed by atoms with Crippen LogP contribution in [0.1, 0.15) is 59.2 Å². The normalized spacial score (nSPS) is 19.0. The molecule has 422 valence electrons. The standard InChI is InChI=1S/C64H54N8O12/c1-33-29-71(63(79)69-61(33)77)55-27-51(75)53(83-55)31-81-41-15-7-37(8-16-41)59-47-23-21-45(66-47)57(35-3-11-39(73)12-4-35)43-19-20-44(65-43)58(36-5-13-40(74)14-6-36)46-22-24-48(67-46)60(50-26-25-49(59)68-50)38-9-17-42(18-10-38)82-32-54-52(76)28-56(84-54)72-30-34(2)62(78)70-64(72)80/h3-26,29-30,51-56,65,68,73-76H,27-28,31-32H2,1-2H3,(H,69,77,79)(H,70,78,80)/t51-,52-,53+,54+,55+,56+/m0/s1. The molecular formula is C64H54N8O12. The van der Waals surface area contributed by atoms with Crippen molar-refractivity contribution in [2.45, 2.75) is 63.6 Å². The number of hydrogen-bond donors (Lipinski definition) is 8. The Kier molecular flexibility index (Phi) is 13.7. The molecule has 9 aromatic rings. The number of aliphatic hydroxyl groups excluding tert-OH is 2. The van der Waals surface area contributed by atoms with Crippen LogP contribution in [0.2, 0.25) is 0 Å². The molecule has 8 N–H and O–H groups in total. The van der Waals surface area contributed by atoms with Crippen LogP contribution < -0.4 is 32.0 Å². The molecule has 0 saturated carbocycles. The lowest BCUT2D eigenvalue weighted by Crippen LogP contribution is -2.33. The van der Waals surface area contributed by atoms with E-state index in [1.807, 2.05) is 121 Å².